The van der Waals surface area contributed by atoms with Crippen molar-refractivity contribution in [3.05, 3.63) is 30.2 Å². The van der Waals surface area contributed by atoms with Crippen LogP contribution in [0.25, 0.3) is 5.65 Å². The minimum atomic E-state index is 0.398. The molecule has 1 unspecified atom stereocenters. The van der Waals surface area contributed by atoms with Crippen LogP contribution in [0.3, 0.4) is 0 Å². The first-order valence-corrected chi connectivity index (χ1v) is 6.33. The molecule has 0 radical (unpaired) electrons. The molecule has 90 valence electrons. The Bertz CT molecular complexity index is 484. The largest absolute Gasteiger partial charge is 0.291 e. The van der Waals surface area contributed by atoms with Crippen LogP contribution in [0.5, 0.6) is 0 Å². The van der Waals surface area contributed by atoms with Gasteiger partial charge in [-0.25, -0.2) is 9.50 Å². The van der Waals surface area contributed by atoms with E-state index < -0.39 is 0 Å². The molecule has 1 atom stereocenters. The van der Waals surface area contributed by atoms with E-state index in [0.29, 0.717) is 12.1 Å². The van der Waals surface area contributed by atoms with E-state index in [1.807, 2.05) is 28.9 Å². The number of nitrogens with zero attached hydrogens (tertiary/aromatic N) is 4. The number of aromatic nitrogens is 3. The Hall–Kier alpha value is -1.42. The van der Waals surface area contributed by atoms with Crippen molar-refractivity contribution in [1.29, 1.82) is 0 Å². The Kier molecular flexibility index (Phi) is 2.59. The average molecular weight is 230 g/mol. The summed E-state index contributed by atoms with van der Waals surface area (Å²) >= 11 is 0. The van der Waals surface area contributed by atoms with Gasteiger partial charge >= 0.3 is 0 Å². The molecule has 2 aromatic rings. The molecule has 1 aliphatic heterocycles. The summed E-state index contributed by atoms with van der Waals surface area (Å²) in [5, 5.41) is 4.59. The van der Waals surface area contributed by atoms with Crippen molar-refractivity contribution < 1.29 is 0 Å². The molecule has 4 heteroatoms. The number of hydrogen-bond acceptors (Lipinski definition) is 3. The summed E-state index contributed by atoms with van der Waals surface area (Å²) in [6.07, 6.45) is 4.38. The van der Waals surface area contributed by atoms with E-state index in [1.165, 1.54) is 12.8 Å². The third kappa shape index (κ3) is 1.82. The van der Waals surface area contributed by atoms with E-state index in [4.69, 9.17) is 0 Å². The number of likely N-dealkylation sites (tertiary alicyclic amines) is 1. The number of fused-ring (bicyclic) bond motifs is 1. The van der Waals surface area contributed by atoms with Gasteiger partial charge < -0.3 is 0 Å². The summed E-state index contributed by atoms with van der Waals surface area (Å²) in [4.78, 5) is 7.13. The van der Waals surface area contributed by atoms with Gasteiger partial charge in [-0.3, -0.25) is 4.90 Å². The molecule has 0 amide bonds. The van der Waals surface area contributed by atoms with Crippen LogP contribution in [-0.4, -0.2) is 32.1 Å². The van der Waals surface area contributed by atoms with Gasteiger partial charge in [0, 0.05) is 12.2 Å². The highest BCUT2D eigenvalue weighted by Gasteiger charge is 2.30. The second-order valence-electron chi connectivity index (χ2n) is 4.96. The summed E-state index contributed by atoms with van der Waals surface area (Å²) in [5.41, 5.74) is 0.943. The topological polar surface area (TPSA) is 33.4 Å². The highest BCUT2D eigenvalue weighted by molar-refractivity contribution is 5.36. The van der Waals surface area contributed by atoms with Crippen LogP contribution in [-0.2, 0) is 0 Å². The third-order valence-electron chi connectivity index (χ3n) is 3.51. The first-order valence-electron chi connectivity index (χ1n) is 6.33. The van der Waals surface area contributed by atoms with Gasteiger partial charge in [-0.15, -0.1) is 5.10 Å². The Morgan fingerprint density at radius 3 is 3.00 bits per heavy atom. The predicted molar refractivity (Wildman–Crippen MR) is 66.8 cm³/mol. The third-order valence-corrected chi connectivity index (χ3v) is 3.51. The van der Waals surface area contributed by atoms with E-state index >= 15 is 0 Å². The highest BCUT2D eigenvalue weighted by atomic mass is 15.3. The van der Waals surface area contributed by atoms with E-state index in [2.05, 4.69) is 28.8 Å². The maximum Gasteiger partial charge on any atom is 0.168 e. The minimum Gasteiger partial charge on any atom is -0.291 e. The Morgan fingerprint density at radius 1 is 1.35 bits per heavy atom. The van der Waals surface area contributed by atoms with Crippen LogP contribution in [0.2, 0.25) is 0 Å². The molecule has 0 bridgehead atoms. The molecule has 0 aliphatic carbocycles. The molecule has 0 saturated carbocycles. The maximum absolute atomic E-state index is 4.64. The standard InChI is InChI=1S/C13H18N4/c1-10(2)16-8-5-6-11(16)13-14-12-7-3-4-9-17(12)15-13/h3-4,7,9-11H,5-6,8H2,1-2H3. The molecular formula is C13H18N4. The zero-order chi connectivity index (χ0) is 11.8. The quantitative estimate of drug-likeness (QED) is 0.793. The molecule has 3 heterocycles. The lowest BCUT2D eigenvalue weighted by atomic mass is 10.2. The fraction of sp³-hybridized carbons (Fsp3) is 0.538. The molecular weight excluding hydrogens is 212 g/mol. The lowest BCUT2D eigenvalue weighted by Gasteiger charge is -2.25. The van der Waals surface area contributed by atoms with E-state index in [9.17, 15) is 0 Å². The summed E-state index contributed by atoms with van der Waals surface area (Å²) in [7, 11) is 0. The molecule has 0 spiro atoms. The van der Waals surface area contributed by atoms with Crippen LogP contribution < -0.4 is 0 Å². The summed E-state index contributed by atoms with van der Waals surface area (Å²) in [6, 6.07) is 6.96. The van der Waals surface area contributed by atoms with Gasteiger partial charge in [-0.1, -0.05) is 6.07 Å². The average Bonchev–Trinajstić information content (AvgIpc) is 2.95. The van der Waals surface area contributed by atoms with Gasteiger partial charge in [-0.05, 0) is 45.4 Å². The van der Waals surface area contributed by atoms with Crippen molar-refractivity contribution in [2.45, 2.75) is 38.8 Å². The number of hydrogen-bond donors (Lipinski definition) is 0. The minimum absolute atomic E-state index is 0.398. The van der Waals surface area contributed by atoms with E-state index in [-0.39, 0.29) is 0 Å². The fourth-order valence-electron chi connectivity index (χ4n) is 2.67. The van der Waals surface area contributed by atoms with Gasteiger partial charge in [0.2, 0.25) is 0 Å². The van der Waals surface area contributed by atoms with E-state index in [0.717, 1.165) is 18.0 Å². The highest BCUT2D eigenvalue weighted by Crippen LogP contribution is 2.31. The Balaban J connectivity index is 1.97. The van der Waals surface area contributed by atoms with Crippen LogP contribution in [0, 0.1) is 0 Å². The van der Waals surface area contributed by atoms with Gasteiger partial charge in [0.05, 0.1) is 6.04 Å². The molecule has 1 aliphatic rings. The first-order chi connectivity index (χ1) is 8.25. The fourth-order valence-corrected chi connectivity index (χ4v) is 2.67. The van der Waals surface area contributed by atoms with Crippen LogP contribution in [0.4, 0.5) is 0 Å². The second-order valence-corrected chi connectivity index (χ2v) is 4.96. The molecule has 1 saturated heterocycles. The van der Waals surface area contributed by atoms with Gasteiger partial charge in [0.25, 0.3) is 0 Å². The summed E-state index contributed by atoms with van der Waals surface area (Å²) in [5.74, 6) is 0.974. The molecule has 0 aromatic carbocycles. The van der Waals surface area contributed by atoms with Crippen molar-refractivity contribution in [2.75, 3.05) is 6.54 Å². The molecule has 17 heavy (non-hydrogen) atoms. The molecule has 4 nitrogen and oxygen atoms in total. The molecule has 3 rings (SSSR count). The van der Waals surface area contributed by atoms with Crippen LogP contribution in [0.15, 0.2) is 24.4 Å². The summed E-state index contributed by atoms with van der Waals surface area (Å²) < 4.78 is 1.87. The Morgan fingerprint density at radius 2 is 2.24 bits per heavy atom. The smallest absolute Gasteiger partial charge is 0.168 e. The van der Waals surface area contributed by atoms with Crippen molar-refractivity contribution in [1.82, 2.24) is 19.5 Å². The van der Waals surface area contributed by atoms with Crippen LogP contribution in [0.1, 0.15) is 38.6 Å². The summed E-state index contributed by atoms with van der Waals surface area (Å²) in [6.45, 7) is 5.65. The normalized spacial score (nSPS) is 21.7. The van der Waals surface area contributed by atoms with Gasteiger partial charge in [0.1, 0.15) is 0 Å². The molecule has 0 N–H and O–H groups in total. The van der Waals surface area contributed by atoms with Gasteiger partial charge in [0.15, 0.2) is 11.5 Å². The van der Waals surface area contributed by atoms with E-state index in [1.54, 1.807) is 0 Å². The second kappa shape index (κ2) is 4.11. The van der Waals surface area contributed by atoms with Crippen molar-refractivity contribution in [3.8, 4) is 0 Å². The Labute approximate surface area is 101 Å². The SMILES string of the molecule is CC(C)N1CCCC1c1nc2ccccn2n1. The molecule has 2 aromatic heterocycles. The van der Waals surface area contributed by atoms with Crippen LogP contribution >= 0.6 is 0 Å². The number of pyridine rings is 1. The van der Waals surface area contributed by atoms with Crippen molar-refractivity contribution in [3.63, 3.8) is 0 Å². The maximum atomic E-state index is 4.64. The zero-order valence-electron chi connectivity index (χ0n) is 10.4. The first kappa shape index (κ1) is 10.7. The lowest BCUT2D eigenvalue weighted by Crippen LogP contribution is -2.30. The lowest BCUT2D eigenvalue weighted by molar-refractivity contribution is 0.199. The number of rotatable bonds is 2. The van der Waals surface area contributed by atoms with Crippen molar-refractivity contribution >= 4 is 5.65 Å². The van der Waals surface area contributed by atoms with Gasteiger partial charge in [-0.2, -0.15) is 0 Å². The molecule has 1 fully saturated rings. The predicted octanol–water partition coefficient (Wildman–Crippen LogP) is 2.27. The van der Waals surface area contributed by atoms with Crippen molar-refractivity contribution in [2.24, 2.45) is 0 Å². The monoisotopic (exact) mass is 230 g/mol. The zero-order valence-corrected chi connectivity index (χ0v) is 10.4.